The largest absolute Gasteiger partial charge is 0.497 e. The number of carboxylic acids is 1. The van der Waals surface area contributed by atoms with Gasteiger partial charge in [-0.05, 0) is 31.0 Å². The molecular formula is C16H21NO4. The minimum Gasteiger partial charge on any atom is -0.497 e. The number of carboxylic acid groups (broad SMARTS) is 1. The molecule has 1 N–H and O–H groups in total. The number of carbonyl (C=O) groups is 2. The summed E-state index contributed by atoms with van der Waals surface area (Å²) in [6, 6.07) is 6.80. The van der Waals surface area contributed by atoms with Crippen molar-refractivity contribution in [2.75, 3.05) is 14.2 Å². The van der Waals surface area contributed by atoms with Gasteiger partial charge in [0.05, 0.1) is 7.11 Å². The van der Waals surface area contributed by atoms with Gasteiger partial charge in [0, 0.05) is 12.6 Å². The first kappa shape index (κ1) is 15.4. The molecule has 0 spiro atoms. The summed E-state index contributed by atoms with van der Waals surface area (Å²) in [5.41, 5.74) is -0.638. The molecule has 5 heteroatoms. The van der Waals surface area contributed by atoms with E-state index in [2.05, 4.69) is 0 Å². The molecule has 114 valence electrons. The van der Waals surface area contributed by atoms with Gasteiger partial charge in [-0.3, -0.25) is 4.79 Å². The van der Waals surface area contributed by atoms with E-state index in [9.17, 15) is 14.7 Å². The molecule has 2 rings (SSSR count). The fourth-order valence-electron chi connectivity index (χ4n) is 2.97. The Labute approximate surface area is 124 Å². The maximum absolute atomic E-state index is 12.6. The predicted molar refractivity (Wildman–Crippen MR) is 78.5 cm³/mol. The third-order valence-electron chi connectivity index (χ3n) is 4.34. The molecule has 0 saturated heterocycles. The molecule has 0 heterocycles. The van der Waals surface area contributed by atoms with Gasteiger partial charge in [-0.2, -0.15) is 0 Å². The second-order valence-electron chi connectivity index (χ2n) is 5.49. The van der Waals surface area contributed by atoms with Crippen LogP contribution in [0.25, 0.3) is 0 Å². The summed E-state index contributed by atoms with van der Waals surface area (Å²) in [6.07, 6.45) is 3.71. The van der Waals surface area contributed by atoms with E-state index < -0.39 is 11.5 Å². The number of benzene rings is 1. The second-order valence-corrected chi connectivity index (χ2v) is 5.49. The van der Waals surface area contributed by atoms with E-state index in [1.807, 2.05) is 0 Å². The average molecular weight is 291 g/mol. The van der Waals surface area contributed by atoms with Crippen molar-refractivity contribution in [2.45, 2.75) is 37.6 Å². The minimum atomic E-state index is -1.08. The van der Waals surface area contributed by atoms with Crippen LogP contribution in [0.5, 0.6) is 5.75 Å². The third kappa shape index (κ3) is 2.86. The Morgan fingerprint density at radius 3 is 2.48 bits per heavy atom. The summed E-state index contributed by atoms with van der Waals surface area (Å²) in [7, 11) is 3.12. The highest BCUT2D eigenvalue weighted by Crippen LogP contribution is 2.34. The molecule has 0 aromatic heterocycles. The number of methoxy groups -OCH3 is 1. The van der Waals surface area contributed by atoms with E-state index in [-0.39, 0.29) is 5.91 Å². The molecule has 5 nitrogen and oxygen atoms in total. The van der Waals surface area contributed by atoms with Crippen molar-refractivity contribution in [1.29, 1.82) is 0 Å². The van der Waals surface area contributed by atoms with Crippen LogP contribution in [0, 0.1) is 0 Å². The zero-order valence-corrected chi connectivity index (χ0v) is 12.5. The van der Waals surface area contributed by atoms with Crippen LogP contribution in [0.15, 0.2) is 24.3 Å². The Bertz CT molecular complexity index is 535. The normalized spacial score (nSPS) is 17.0. The van der Waals surface area contributed by atoms with E-state index in [0.29, 0.717) is 24.2 Å². The number of nitrogens with zero attached hydrogens (tertiary/aromatic N) is 1. The quantitative estimate of drug-likeness (QED) is 0.925. The lowest BCUT2D eigenvalue weighted by Crippen LogP contribution is -2.56. The van der Waals surface area contributed by atoms with Gasteiger partial charge in [-0.25, -0.2) is 4.79 Å². The van der Waals surface area contributed by atoms with Crippen LogP contribution in [-0.4, -0.2) is 41.6 Å². The van der Waals surface area contributed by atoms with E-state index in [1.54, 1.807) is 31.3 Å². The van der Waals surface area contributed by atoms with E-state index in [4.69, 9.17) is 4.74 Å². The van der Waals surface area contributed by atoms with Crippen LogP contribution < -0.4 is 4.74 Å². The predicted octanol–water partition coefficient (Wildman–Crippen LogP) is 2.55. The molecule has 1 saturated carbocycles. The molecule has 0 atom stereocenters. The van der Waals surface area contributed by atoms with Crippen LogP contribution in [-0.2, 0) is 4.79 Å². The Kier molecular flexibility index (Phi) is 4.50. The average Bonchev–Trinajstić information content (AvgIpc) is 2.54. The molecular weight excluding hydrogens is 270 g/mol. The molecule has 0 aliphatic heterocycles. The standard InChI is InChI=1S/C16H21NO4/c1-17(16(15(19)20)9-4-3-5-10-16)14(18)12-7-6-8-13(11-12)21-2/h6-8,11H,3-5,9-10H2,1-2H3,(H,19,20). The zero-order valence-electron chi connectivity index (χ0n) is 12.5. The molecule has 1 aliphatic rings. The molecule has 0 bridgehead atoms. The number of hydrogen-bond acceptors (Lipinski definition) is 3. The van der Waals surface area contributed by atoms with Crippen LogP contribution >= 0.6 is 0 Å². The SMILES string of the molecule is COc1cccc(C(=O)N(C)C2(C(=O)O)CCCCC2)c1. The topological polar surface area (TPSA) is 66.8 Å². The maximum Gasteiger partial charge on any atom is 0.329 e. The third-order valence-corrected chi connectivity index (χ3v) is 4.34. The summed E-state index contributed by atoms with van der Waals surface area (Å²) in [6.45, 7) is 0. The smallest absolute Gasteiger partial charge is 0.329 e. The van der Waals surface area contributed by atoms with Crippen LogP contribution in [0.1, 0.15) is 42.5 Å². The van der Waals surface area contributed by atoms with Crippen molar-refractivity contribution in [2.24, 2.45) is 0 Å². The fraction of sp³-hybridized carbons (Fsp3) is 0.500. The lowest BCUT2D eigenvalue weighted by Gasteiger charge is -2.41. The summed E-state index contributed by atoms with van der Waals surface area (Å²) < 4.78 is 5.12. The van der Waals surface area contributed by atoms with Gasteiger partial charge in [-0.15, -0.1) is 0 Å². The second kappa shape index (κ2) is 6.16. The van der Waals surface area contributed by atoms with Crippen LogP contribution in [0.2, 0.25) is 0 Å². The van der Waals surface area contributed by atoms with E-state index in [1.165, 1.54) is 12.0 Å². The molecule has 21 heavy (non-hydrogen) atoms. The molecule has 1 aliphatic carbocycles. The Balaban J connectivity index is 2.29. The van der Waals surface area contributed by atoms with Crippen molar-refractivity contribution in [3.63, 3.8) is 0 Å². The maximum atomic E-state index is 12.6. The van der Waals surface area contributed by atoms with E-state index in [0.717, 1.165) is 19.3 Å². The van der Waals surface area contributed by atoms with Gasteiger partial charge in [0.2, 0.25) is 0 Å². The highest BCUT2D eigenvalue weighted by Gasteiger charge is 2.45. The minimum absolute atomic E-state index is 0.279. The van der Waals surface area contributed by atoms with Crippen molar-refractivity contribution in [3.8, 4) is 5.75 Å². The van der Waals surface area contributed by atoms with Crippen molar-refractivity contribution in [1.82, 2.24) is 4.90 Å². The number of hydrogen-bond donors (Lipinski definition) is 1. The molecule has 1 aromatic rings. The number of carbonyl (C=O) groups excluding carboxylic acids is 1. The summed E-state index contributed by atoms with van der Waals surface area (Å²) in [5.74, 6) is -0.610. The Hall–Kier alpha value is -2.04. The number of amides is 1. The highest BCUT2D eigenvalue weighted by molar-refractivity contribution is 5.98. The molecule has 0 unspecified atom stereocenters. The zero-order chi connectivity index (χ0) is 15.5. The first-order valence-corrected chi connectivity index (χ1v) is 7.17. The monoisotopic (exact) mass is 291 g/mol. The van der Waals surface area contributed by atoms with Gasteiger partial charge in [-0.1, -0.05) is 25.3 Å². The van der Waals surface area contributed by atoms with Gasteiger partial charge < -0.3 is 14.7 Å². The number of aliphatic carboxylic acids is 1. The fourth-order valence-corrected chi connectivity index (χ4v) is 2.97. The number of ether oxygens (including phenoxy) is 1. The van der Waals surface area contributed by atoms with Crippen molar-refractivity contribution < 1.29 is 19.4 Å². The van der Waals surface area contributed by atoms with Gasteiger partial charge in [0.25, 0.3) is 5.91 Å². The molecule has 1 fully saturated rings. The van der Waals surface area contributed by atoms with Crippen LogP contribution in [0.4, 0.5) is 0 Å². The molecule has 1 amide bonds. The Morgan fingerprint density at radius 1 is 1.24 bits per heavy atom. The van der Waals surface area contributed by atoms with Crippen molar-refractivity contribution >= 4 is 11.9 Å². The van der Waals surface area contributed by atoms with Crippen LogP contribution in [0.3, 0.4) is 0 Å². The number of rotatable bonds is 4. The molecule has 0 radical (unpaired) electrons. The first-order valence-electron chi connectivity index (χ1n) is 7.17. The lowest BCUT2D eigenvalue weighted by atomic mass is 9.80. The van der Waals surface area contributed by atoms with Gasteiger partial charge >= 0.3 is 5.97 Å². The first-order chi connectivity index (χ1) is 10.0. The van der Waals surface area contributed by atoms with Gasteiger partial charge in [0.15, 0.2) is 0 Å². The van der Waals surface area contributed by atoms with Crippen molar-refractivity contribution in [3.05, 3.63) is 29.8 Å². The number of likely N-dealkylation sites (N-methyl/N-ethyl adjacent to an activating group) is 1. The summed E-state index contributed by atoms with van der Waals surface area (Å²) >= 11 is 0. The Morgan fingerprint density at radius 2 is 1.90 bits per heavy atom. The van der Waals surface area contributed by atoms with E-state index >= 15 is 0 Å². The molecule has 1 aromatic carbocycles. The highest BCUT2D eigenvalue weighted by atomic mass is 16.5. The lowest BCUT2D eigenvalue weighted by molar-refractivity contribution is -0.151. The summed E-state index contributed by atoms with van der Waals surface area (Å²) in [5, 5.41) is 9.64. The van der Waals surface area contributed by atoms with Gasteiger partial charge in [0.1, 0.15) is 11.3 Å². The summed E-state index contributed by atoms with van der Waals surface area (Å²) in [4.78, 5) is 25.8.